The Morgan fingerprint density at radius 2 is 2.00 bits per heavy atom. The topological polar surface area (TPSA) is 104 Å². The first-order valence-electron chi connectivity index (χ1n) is 5.65. The van der Waals surface area contributed by atoms with E-state index in [0.717, 1.165) is 0 Å². The molecule has 6 nitrogen and oxygen atoms in total. The molecule has 1 atom stereocenters. The lowest BCUT2D eigenvalue weighted by Crippen LogP contribution is -2.29. The second kappa shape index (κ2) is 6.69. The molecule has 102 valence electrons. The summed E-state index contributed by atoms with van der Waals surface area (Å²) in [6, 6.07) is 6.48. The summed E-state index contributed by atoms with van der Waals surface area (Å²) in [4.78, 5) is 0.0838. The molecule has 0 amide bonds. The second-order valence-electron chi connectivity index (χ2n) is 4.02. The maximum Gasteiger partial charge on any atom is 0.240 e. The fraction of sp³-hybridized carbons (Fsp3) is 0.455. The van der Waals surface area contributed by atoms with Crippen LogP contribution < -0.4 is 15.8 Å². The van der Waals surface area contributed by atoms with E-state index in [4.69, 9.17) is 10.2 Å². The molecule has 0 aliphatic carbocycles. The minimum absolute atomic E-state index is 0.0838. The highest BCUT2D eigenvalue weighted by Crippen LogP contribution is 2.18. The molecule has 0 aromatic heterocycles. The number of primary sulfonamides is 1. The third kappa shape index (κ3) is 5.01. The number of aliphatic hydroxyl groups is 1. The Morgan fingerprint density at radius 1 is 1.33 bits per heavy atom. The predicted octanol–water partition coefficient (Wildman–Crippen LogP) is -0.284. The number of benzene rings is 1. The molecule has 0 aliphatic heterocycles. The van der Waals surface area contributed by atoms with Crippen LogP contribution in [0.15, 0.2) is 29.2 Å². The molecule has 18 heavy (non-hydrogen) atoms. The van der Waals surface area contributed by atoms with Crippen molar-refractivity contribution >= 4 is 15.7 Å². The molecular weight excluding hydrogens is 254 g/mol. The van der Waals surface area contributed by atoms with E-state index in [1.54, 1.807) is 25.1 Å². The van der Waals surface area contributed by atoms with Crippen LogP contribution in [0.4, 0.5) is 5.69 Å². The van der Waals surface area contributed by atoms with Crippen molar-refractivity contribution in [3.05, 3.63) is 24.3 Å². The van der Waals surface area contributed by atoms with E-state index in [2.05, 4.69) is 10.6 Å². The second-order valence-corrected chi connectivity index (χ2v) is 5.55. The van der Waals surface area contributed by atoms with Crippen molar-refractivity contribution in [1.29, 1.82) is 0 Å². The van der Waals surface area contributed by atoms with Gasteiger partial charge in [-0.05, 0) is 19.1 Å². The van der Waals surface area contributed by atoms with Gasteiger partial charge in [-0.15, -0.1) is 0 Å². The summed E-state index contributed by atoms with van der Waals surface area (Å²) in [6.45, 7) is 3.35. The standard InChI is InChI=1S/C11H19N3O3S/c1-9(15)8-13-6-7-14-10-4-2-3-5-11(10)18(12,16)17/h2-5,9,13-15H,6-8H2,1H3,(H2,12,16,17). The van der Waals surface area contributed by atoms with Gasteiger partial charge < -0.3 is 15.7 Å². The van der Waals surface area contributed by atoms with Crippen molar-refractivity contribution < 1.29 is 13.5 Å². The lowest BCUT2D eigenvalue weighted by molar-refractivity contribution is 0.192. The number of sulfonamides is 1. The summed E-state index contributed by atoms with van der Waals surface area (Å²) in [7, 11) is -3.71. The molecule has 0 heterocycles. The zero-order valence-corrected chi connectivity index (χ0v) is 11.1. The summed E-state index contributed by atoms with van der Waals surface area (Å²) in [6.07, 6.45) is -0.401. The van der Waals surface area contributed by atoms with Crippen LogP contribution in [0.25, 0.3) is 0 Å². The maximum absolute atomic E-state index is 11.3. The lowest BCUT2D eigenvalue weighted by Gasteiger charge is -2.11. The van der Waals surface area contributed by atoms with Gasteiger partial charge in [0.2, 0.25) is 10.0 Å². The van der Waals surface area contributed by atoms with Crippen molar-refractivity contribution in [2.24, 2.45) is 5.14 Å². The third-order valence-corrected chi connectivity index (χ3v) is 3.22. The first-order valence-corrected chi connectivity index (χ1v) is 7.20. The first kappa shape index (κ1) is 14.9. The molecule has 0 spiro atoms. The number of aliphatic hydroxyl groups excluding tert-OH is 1. The fourth-order valence-corrected chi connectivity index (χ4v) is 2.17. The van der Waals surface area contributed by atoms with Gasteiger partial charge >= 0.3 is 0 Å². The van der Waals surface area contributed by atoms with Crippen LogP contribution in [-0.2, 0) is 10.0 Å². The molecule has 0 fully saturated rings. The quantitative estimate of drug-likeness (QED) is 0.511. The molecule has 0 bridgehead atoms. The number of anilines is 1. The van der Waals surface area contributed by atoms with Gasteiger partial charge in [0.25, 0.3) is 0 Å². The van der Waals surface area contributed by atoms with Crippen molar-refractivity contribution in [3.63, 3.8) is 0 Å². The molecule has 0 saturated heterocycles. The molecule has 1 aromatic rings. The van der Waals surface area contributed by atoms with Crippen LogP contribution in [0.1, 0.15) is 6.92 Å². The van der Waals surface area contributed by atoms with Gasteiger partial charge in [0.1, 0.15) is 4.90 Å². The SMILES string of the molecule is CC(O)CNCCNc1ccccc1S(N)(=O)=O. The van der Waals surface area contributed by atoms with Gasteiger partial charge in [0.15, 0.2) is 0 Å². The maximum atomic E-state index is 11.3. The van der Waals surface area contributed by atoms with Crippen LogP contribution in [0, 0.1) is 0 Å². The van der Waals surface area contributed by atoms with Crippen LogP contribution in [0.5, 0.6) is 0 Å². The fourth-order valence-electron chi connectivity index (χ4n) is 1.46. The molecule has 0 aliphatic rings. The van der Waals surface area contributed by atoms with Crippen molar-refractivity contribution in [1.82, 2.24) is 5.32 Å². The van der Waals surface area contributed by atoms with Gasteiger partial charge in [0.05, 0.1) is 11.8 Å². The normalized spacial score (nSPS) is 13.3. The molecule has 5 N–H and O–H groups in total. The Balaban J connectivity index is 2.53. The average molecular weight is 273 g/mol. The summed E-state index contributed by atoms with van der Waals surface area (Å²) in [5.41, 5.74) is 0.485. The predicted molar refractivity (Wildman–Crippen MR) is 70.9 cm³/mol. The Bertz CT molecular complexity index is 474. The minimum Gasteiger partial charge on any atom is -0.392 e. The first-order chi connectivity index (χ1) is 8.41. The van der Waals surface area contributed by atoms with Crippen LogP contribution in [0.3, 0.4) is 0 Å². The van der Waals surface area contributed by atoms with Gasteiger partial charge in [-0.25, -0.2) is 13.6 Å². The smallest absolute Gasteiger partial charge is 0.240 e. The number of nitrogens with two attached hydrogens (primary N) is 1. The van der Waals surface area contributed by atoms with E-state index >= 15 is 0 Å². The number of nitrogens with one attached hydrogen (secondary N) is 2. The zero-order chi connectivity index (χ0) is 13.6. The van der Waals surface area contributed by atoms with E-state index in [1.807, 2.05) is 0 Å². The van der Waals surface area contributed by atoms with E-state index in [9.17, 15) is 8.42 Å². The lowest BCUT2D eigenvalue weighted by atomic mass is 10.3. The molecule has 0 saturated carbocycles. The third-order valence-electron chi connectivity index (χ3n) is 2.25. The zero-order valence-electron chi connectivity index (χ0n) is 10.3. The van der Waals surface area contributed by atoms with Crippen molar-refractivity contribution in [3.8, 4) is 0 Å². The van der Waals surface area contributed by atoms with Gasteiger partial charge in [-0.2, -0.15) is 0 Å². The van der Waals surface area contributed by atoms with E-state index in [1.165, 1.54) is 6.07 Å². The van der Waals surface area contributed by atoms with Crippen LogP contribution >= 0.6 is 0 Å². The largest absolute Gasteiger partial charge is 0.392 e. The molecular formula is C11H19N3O3S. The minimum atomic E-state index is -3.71. The van der Waals surface area contributed by atoms with E-state index < -0.39 is 16.1 Å². The van der Waals surface area contributed by atoms with Crippen molar-refractivity contribution in [2.75, 3.05) is 25.0 Å². The highest BCUT2D eigenvalue weighted by Gasteiger charge is 2.12. The van der Waals surface area contributed by atoms with Gasteiger partial charge in [0, 0.05) is 19.6 Å². The average Bonchev–Trinajstić information content (AvgIpc) is 2.27. The summed E-state index contributed by atoms with van der Waals surface area (Å²) in [5.74, 6) is 0. The van der Waals surface area contributed by atoms with Crippen molar-refractivity contribution in [2.45, 2.75) is 17.9 Å². The number of hydrogen-bond donors (Lipinski definition) is 4. The number of para-hydroxylation sites is 1. The summed E-state index contributed by atoms with van der Waals surface area (Å²) in [5, 5.41) is 20.2. The van der Waals surface area contributed by atoms with Gasteiger partial charge in [-0.1, -0.05) is 12.1 Å². The Kier molecular flexibility index (Phi) is 5.54. The Hall–Kier alpha value is -1.15. The monoisotopic (exact) mass is 273 g/mol. The van der Waals surface area contributed by atoms with E-state index in [0.29, 0.717) is 25.3 Å². The summed E-state index contributed by atoms with van der Waals surface area (Å²) >= 11 is 0. The number of rotatable bonds is 7. The molecule has 0 radical (unpaired) electrons. The van der Waals surface area contributed by atoms with E-state index in [-0.39, 0.29) is 4.90 Å². The Morgan fingerprint density at radius 3 is 2.61 bits per heavy atom. The van der Waals surface area contributed by atoms with Crippen LogP contribution in [0.2, 0.25) is 0 Å². The molecule has 1 unspecified atom stereocenters. The molecule has 1 aromatic carbocycles. The number of hydrogen-bond acceptors (Lipinski definition) is 5. The molecule has 7 heteroatoms. The Labute approximate surface area is 107 Å². The highest BCUT2D eigenvalue weighted by molar-refractivity contribution is 7.89. The summed E-state index contributed by atoms with van der Waals surface area (Å²) < 4.78 is 22.6. The van der Waals surface area contributed by atoms with Crippen LogP contribution in [-0.4, -0.2) is 39.3 Å². The molecule has 1 rings (SSSR count). The highest BCUT2D eigenvalue weighted by atomic mass is 32.2. The van der Waals surface area contributed by atoms with Gasteiger partial charge in [-0.3, -0.25) is 0 Å².